The van der Waals surface area contributed by atoms with Crippen LogP contribution in [0.1, 0.15) is 31.0 Å². The summed E-state index contributed by atoms with van der Waals surface area (Å²) in [6, 6.07) is 2.92. The van der Waals surface area contributed by atoms with E-state index in [4.69, 9.17) is 0 Å². The molecule has 94 valence electrons. The lowest BCUT2D eigenvalue weighted by molar-refractivity contribution is -0.137. The van der Waals surface area contributed by atoms with Crippen LogP contribution in [0.2, 0.25) is 0 Å². The fraction of sp³-hybridized carbons (Fsp3) is 0.583. The number of halogens is 3. The summed E-state index contributed by atoms with van der Waals surface area (Å²) in [5.74, 6) is 0.726. The van der Waals surface area contributed by atoms with Gasteiger partial charge in [-0.2, -0.15) is 13.2 Å². The van der Waals surface area contributed by atoms with E-state index in [9.17, 15) is 13.2 Å². The maximum Gasteiger partial charge on any atom is 0.417 e. The summed E-state index contributed by atoms with van der Waals surface area (Å²) in [6.07, 6.45) is -0.928. The molecule has 1 N–H and O–H groups in total. The van der Waals surface area contributed by atoms with Gasteiger partial charge >= 0.3 is 6.18 Å². The monoisotopic (exact) mass is 244 g/mol. The van der Waals surface area contributed by atoms with Crippen LogP contribution in [0.5, 0.6) is 0 Å². The number of nitrogens with one attached hydrogen (secondary N) is 1. The quantitative estimate of drug-likeness (QED) is 0.880. The van der Waals surface area contributed by atoms with E-state index >= 15 is 0 Å². The first-order valence-corrected chi connectivity index (χ1v) is 5.72. The van der Waals surface area contributed by atoms with Gasteiger partial charge in [-0.1, -0.05) is 0 Å². The summed E-state index contributed by atoms with van der Waals surface area (Å²) in [4.78, 5) is 3.81. The third-order valence-electron chi connectivity index (χ3n) is 3.09. The molecule has 0 unspecified atom stereocenters. The Morgan fingerprint density at radius 2 is 2.12 bits per heavy atom. The van der Waals surface area contributed by atoms with E-state index in [-0.39, 0.29) is 0 Å². The average Bonchev–Trinajstić information content (AvgIpc) is 3.09. The molecular formula is C12H15F3N2. The standard InChI is InChI=1S/C12H15F3N2/c1-8(9-2-3-9)16-7-11-5-4-10(6-17-11)12(13,14)15/h4-6,8-9,16H,2-3,7H2,1H3/t8-/m1/s1. The van der Waals surface area contributed by atoms with Crippen LogP contribution in [0.25, 0.3) is 0 Å². The maximum atomic E-state index is 12.3. The van der Waals surface area contributed by atoms with E-state index in [1.54, 1.807) is 0 Å². The molecule has 1 aliphatic rings. The van der Waals surface area contributed by atoms with Gasteiger partial charge in [0.2, 0.25) is 0 Å². The van der Waals surface area contributed by atoms with Gasteiger partial charge < -0.3 is 5.32 Å². The Hall–Kier alpha value is -1.10. The predicted octanol–water partition coefficient (Wildman–Crippen LogP) is 2.99. The van der Waals surface area contributed by atoms with Crippen molar-refractivity contribution in [2.75, 3.05) is 0 Å². The molecule has 2 rings (SSSR count). The van der Waals surface area contributed by atoms with Gasteiger partial charge in [-0.05, 0) is 37.8 Å². The van der Waals surface area contributed by atoms with Crippen LogP contribution in [-0.2, 0) is 12.7 Å². The van der Waals surface area contributed by atoms with Gasteiger partial charge in [0.25, 0.3) is 0 Å². The molecule has 0 radical (unpaired) electrons. The van der Waals surface area contributed by atoms with Crippen molar-refractivity contribution in [3.05, 3.63) is 29.6 Å². The molecule has 1 fully saturated rings. The average molecular weight is 244 g/mol. The Labute approximate surface area is 98.2 Å². The van der Waals surface area contributed by atoms with Gasteiger partial charge in [0, 0.05) is 18.8 Å². The third-order valence-corrected chi connectivity index (χ3v) is 3.09. The zero-order valence-corrected chi connectivity index (χ0v) is 9.59. The highest BCUT2D eigenvalue weighted by atomic mass is 19.4. The van der Waals surface area contributed by atoms with E-state index in [2.05, 4.69) is 17.2 Å². The van der Waals surface area contributed by atoms with Gasteiger partial charge in [-0.15, -0.1) is 0 Å². The molecule has 1 aliphatic carbocycles. The van der Waals surface area contributed by atoms with E-state index in [1.807, 2.05) is 0 Å². The first kappa shape index (κ1) is 12.4. The van der Waals surface area contributed by atoms with Gasteiger partial charge in [0.1, 0.15) is 0 Å². The van der Waals surface area contributed by atoms with Gasteiger partial charge in [-0.25, -0.2) is 0 Å². The highest BCUT2D eigenvalue weighted by molar-refractivity contribution is 5.16. The molecule has 0 spiro atoms. The van der Waals surface area contributed by atoms with Gasteiger partial charge in [-0.3, -0.25) is 4.98 Å². The Kier molecular flexibility index (Phi) is 3.38. The summed E-state index contributed by atoms with van der Waals surface area (Å²) >= 11 is 0. The number of rotatable bonds is 4. The Morgan fingerprint density at radius 3 is 2.59 bits per heavy atom. The second-order valence-electron chi connectivity index (χ2n) is 4.54. The fourth-order valence-corrected chi connectivity index (χ4v) is 1.73. The molecule has 0 amide bonds. The lowest BCUT2D eigenvalue weighted by atomic mass is 10.2. The zero-order valence-electron chi connectivity index (χ0n) is 9.59. The third kappa shape index (κ3) is 3.43. The van der Waals surface area contributed by atoms with Gasteiger partial charge in [0.05, 0.1) is 11.3 Å². The number of pyridine rings is 1. The minimum atomic E-state index is -4.31. The van der Waals surface area contributed by atoms with Crippen LogP contribution in [0.15, 0.2) is 18.3 Å². The van der Waals surface area contributed by atoms with Crippen molar-refractivity contribution in [3.8, 4) is 0 Å². The molecule has 1 aromatic heterocycles. The number of nitrogens with zero attached hydrogens (tertiary/aromatic N) is 1. The number of hydrogen-bond donors (Lipinski definition) is 1. The molecule has 0 saturated heterocycles. The molecule has 2 nitrogen and oxygen atoms in total. The van der Waals surface area contributed by atoms with Crippen LogP contribution in [0.3, 0.4) is 0 Å². The molecule has 1 saturated carbocycles. The van der Waals surface area contributed by atoms with Crippen molar-refractivity contribution in [3.63, 3.8) is 0 Å². The topological polar surface area (TPSA) is 24.9 Å². The highest BCUT2D eigenvalue weighted by Gasteiger charge is 2.30. The van der Waals surface area contributed by atoms with Crippen LogP contribution in [0, 0.1) is 5.92 Å². The van der Waals surface area contributed by atoms with Crippen molar-refractivity contribution in [1.82, 2.24) is 10.3 Å². The van der Waals surface area contributed by atoms with Gasteiger partial charge in [0.15, 0.2) is 0 Å². The fourth-order valence-electron chi connectivity index (χ4n) is 1.73. The number of alkyl halides is 3. The Balaban J connectivity index is 1.89. The molecule has 5 heteroatoms. The van der Waals surface area contributed by atoms with Crippen molar-refractivity contribution in [2.24, 2.45) is 5.92 Å². The lowest BCUT2D eigenvalue weighted by Gasteiger charge is -2.12. The molecule has 0 bridgehead atoms. The van der Waals surface area contributed by atoms with Crippen molar-refractivity contribution in [1.29, 1.82) is 0 Å². The van der Waals surface area contributed by atoms with Crippen LogP contribution in [-0.4, -0.2) is 11.0 Å². The summed E-state index contributed by atoms with van der Waals surface area (Å²) in [5, 5.41) is 3.28. The summed E-state index contributed by atoms with van der Waals surface area (Å²) in [7, 11) is 0. The molecule has 1 aromatic rings. The Bertz CT molecular complexity index is 368. The SMILES string of the molecule is C[C@@H](NCc1ccc(C(F)(F)F)cn1)C1CC1. The lowest BCUT2D eigenvalue weighted by Crippen LogP contribution is -2.27. The molecular weight excluding hydrogens is 229 g/mol. The zero-order chi connectivity index (χ0) is 12.5. The van der Waals surface area contributed by atoms with Crippen LogP contribution < -0.4 is 5.32 Å². The van der Waals surface area contributed by atoms with Crippen LogP contribution >= 0.6 is 0 Å². The molecule has 1 atom stereocenters. The van der Waals surface area contributed by atoms with E-state index in [1.165, 1.54) is 18.9 Å². The van der Waals surface area contributed by atoms with Crippen molar-refractivity contribution >= 4 is 0 Å². The second-order valence-corrected chi connectivity index (χ2v) is 4.54. The minimum absolute atomic E-state index is 0.416. The van der Waals surface area contributed by atoms with E-state index in [0.29, 0.717) is 18.3 Å². The van der Waals surface area contributed by atoms with Crippen molar-refractivity contribution in [2.45, 2.75) is 38.5 Å². The summed E-state index contributed by atoms with van der Waals surface area (Å²) in [6.45, 7) is 2.62. The van der Waals surface area contributed by atoms with E-state index < -0.39 is 11.7 Å². The molecule has 17 heavy (non-hydrogen) atoms. The van der Waals surface area contributed by atoms with Crippen LogP contribution in [0.4, 0.5) is 13.2 Å². The first-order valence-electron chi connectivity index (χ1n) is 5.72. The van der Waals surface area contributed by atoms with E-state index in [0.717, 1.165) is 18.2 Å². The molecule has 1 heterocycles. The first-order chi connectivity index (χ1) is 7.97. The second kappa shape index (κ2) is 4.64. The van der Waals surface area contributed by atoms with Crippen molar-refractivity contribution < 1.29 is 13.2 Å². The highest BCUT2D eigenvalue weighted by Crippen LogP contribution is 2.32. The largest absolute Gasteiger partial charge is 0.417 e. The molecule has 0 aliphatic heterocycles. The summed E-state index contributed by atoms with van der Waals surface area (Å²) < 4.78 is 36.9. The maximum absolute atomic E-state index is 12.3. The predicted molar refractivity (Wildman–Crippen MR) is 58.3 cm³/mol. The Morgan fingerprint density at radius 1 is 1.41 bits per heavy atom. The number of aromatic nitrogens is 1. The smallest absolute Gasteiger partial charge is 0.308 e. The number of hydrogen-bond acceptors (Lipinski definition) is 2. The normalized spacial score (nSPS) is 18.1. The summed E-state index contributed by atoms with van der Waals surface area (Å²) in [5.41, 5.74) is -0.0537. The molecule has 0 aromatic carbocycles. The minimum Gasteiger partial charge on any atom is -0.308 e.